The number of hydrogen-bond acceptors (Lipinski definition) is 4. The number of rotatable bonds is 9. The third kappa shape index (κ3) is 5.50. The minimum atomic E-state index is -2.06. The minimum absolute atomic E-state index is 0.756. The molecule has 1 rings (SSSR count). The van der Waals surface area contributed by atoms with Crippen LogP contribution in [0, 0.1) is 0 Å². The first-order chi connectivity index (χ1) is 12.1. The average Bonchev–Trinajstić information content (AvgIpc) is 2.50. The molecule has 0 unspecified atom stereocenters. The van der Waals surface area contributed by atoms with E-state index in [2.05, 4.69) is 58.9 Å². The first kappa shape index (κ1) is 24.5. The summed E-state index contributed by atoms with van der Waals surface area (Å²) in [5.41, 5.74) is 1.15. The van der Waals surface area contributed by atoms with Crippen LogP contribution in [0.4, 0.5) is 0 Å². The fraction of sp³-hybridized carbons (Fsp3) is 0.684. The van der Waals surface area contributed by atoms with E-state index in [9.17, 15) is 0 Å². The number of hydrogen-bond donors (Lipinski definition) is 0. The second-order valence-electron chi connectivity index (χ2n) is 10.2. The molecule has 0 aromatic heterocycles. The molecule has 0 aliphatic heterocycles. The molecule has 0 fully saturated rings. The van der Waals surface area contributed by atoms with Crippen molar-refractivity contribution in [3.05, 3.63) is 17.7 Å². The van der Waals surface area contributed by atoms with Gasteiger partial charge in [-0.2, -0.15) is 0 Å². The fourth-order valence-electron chi connectivity index (χ4n) is 4.02. The molecule has 0 spiro atoms. The Hall–Kier alpha value is -0.552. The summed E-state index contributed by atoms with van der Waals surface area (Å²) in [4.78, 5) is 0. The molecule has 0 aliphatic rings. The van der Waals surface area contributed by atoms with Gasteiger partial charge in [-0.15, -0.1) is 0 Å². The quantitative estimate of drug-likeness (QED) is 0.476. The average molecular weight is 445 g/mol. The predicted molar refractivity (Wildman–Crippen MR) is 127 cm³/mol. The summed E-state index contributed by atoms with van der Waals surface area (Å²) >= 11 is 0. The third-order valence-corrected chi connectivity index (χ3v) is 45.6. The van der Waals surface area contributed by atoms with Crippen molar-refractivity contribution in [1.82, 2.24) is 0 Å². The zero-order chi connectivity index (χ0) is 21.3. The van der Waals surface area contributed by atoms with Gasteiger partial charge in [0.05, 0.1) is 36.5 Å². The molecule has 0 amide bonds. The molecule has 0 N–H and O–H groups in total. The summed E-state index contributed by atoms with van der Waals surface area (Å²) < 4.78 is 24.3. The maximum Gasteiger partial charge on any atom is 0.169 e. The smallest absolute Gasteiger partial charge is 0.169 e. The summed E-state index contributed by atoms with van der Waals surface area (Å²) in [6, 6.07) is 4.90. The molecular weight excluding hydrogens is 405 g/mol. The van der Waals surface area contributed by atoms with Crippen molar-refractivity contribution in [3.63, 3.8) is 0 Å². The Morgan fingerprint density at radius 1 is 0.667 bits per heavy atom. The van der Waals surface area contributed by atoms with E-state index in [1.165, 1.54) is 0 Å². The zero-order valence-electron chi connectivity index (χ0n) is 19.5. The first-order valence-corrected chi connectivity index (χ1v) is 24.1. The van der Waals surface area contributed by atoms with Crippen LogP contribution in [-0.4, -0.2) is 52.2 Å². The lowest BCUT2D eigenvalue weighted by Crippen LogP contribution is -2.77. The van der Waals surface area contributed by atoms with E-state index in [1.807, 2.05) is 12.1 Å². The summed E-state index contributed by atoms with van der Waals surface area (Å²) in [6.45, 7) is 22.0. The highest BCUT2D eigenvalue weighted by Gasteiger charge is 2.58. The molecule has 0 saturated carbocycles. The molecule has 0 saturated heterocycles. The Kier molecular flexibility index (Phi) is 7.66. The number of benzene rings is 1. The van der Waals surface area contributed by atoms with E-state index in [1.54, 1.807) is 21.3 Å². The second-order valence-corrected chi connectivity index (χ2v) is 41.6. The summed E-state index contributed by atoms with van der Waals surface area (Å²) in [5.74, 6) is 2.45. The highest BCUT2D eigenvalue weighted by Crippen LogP contribution is 2.42. The zero-order valence-corrected chi connectivity index (χ0v) is 23.5. The van der Waals surface area contributed by atoms with Crippen LogP contribution in [0.2, 0.25) is 58.9 Å². The van der Waals surface area contributed by atoms with E-state index >= 15 is 0 Å². The number of ether oxygens (including phenoxy) is 3. The molecular formula is C19H40O4Si4. The van der Waals surface area contributed by atoms with Gasteiger partial charge in [0, 0.05) is 17.7 Å². The van der Waals surface area contributed by atoms with Crippen LogP contribution in [0.25, 0.3) is 0 Å². The highest BCUT2D eigenvalue weighted by atomic mass is 29.7. The van der Waals surface area contributed by atoms with Gasteiger partial charge in [-0.3, -0.25) is 0 Å². The van der Waals surface area contributed by atoms with Crippen LogP contribution in [0.15, 0.2) is 12.1 Å². The lowest BCUT2D eigenvalue weighted by atomic mass is 10.2. The van der Waals surface area contributed by atoms with E-state index in [0.29, 0.717) is 0 Å². The topological polar surface area (TPSA) is 36.9 Å². The molecule has 4 nitrogen and oxygen atoms in total. The van der Waals surface area contributed by atoms with Crippen molar-refractivity contribution in [2.75, 3.05) is 21.3 Å². The lowest BCUT2D eigenvalue weighted by molar-refractivity contribution is 0.370. The van der Waals surface area contributed by atoms with E-state index in [-0.39, 0.29) is 0 Å². The molecule has 27 heavy (non-hydrogen) atoms. The van der Waals surface area contributed by atoms with Crippen molar-refractivity contribution >= 4 is 30.9 Å². The lowest BCUT2D eigenvalue weighted by Gasteiger charge is -2.53. The molecule has 0 aliphatic carbocycles. The van der Waals surface area contributed by atoms with Crippen molar-refractivity contribution < 1.29 is 18.3 Å². The highest BCUT2D eigenvalue weighted by molar-refractivity contribution is 7.67. The maximum atomic E-state index is 7.27. The normalized spacial score (nSPS) is 13.5. The van der Waals surface area contributed by atoms with Gasteiger partial charge in [-0.1, -0.05) is 39.3 Å². The molecule has 0 bridgehead atoms. The van der Waals surface area contributed by atoms with Gasteiger partial charge >= 0.3 is 0 Å². The Balaban J connectivity index is 3.73. The summed E-state index contributed by atoms with van der Waals surface area (Å²) in [5, 5.41) is 0. The summed E-state index contributed by atoms with van der Waals surface area (Å²) in [6.07, 6.45) is 0. The largest absolute Gasteiger partial charge is 0.496 e. The van der Waals surface area contributed by atoms with Gasteiger partial charge in [-0.25, -0.2) is 0 Å². The Morgan fingerprint density at radius 2 is 1.07 bits per heavy atom. The monoisotopic (exact) mass is 444 g/mol. The van der Waals surface area contributed by atoms with Gasteiger partial charge in [0.2, 0.25) is 0 Å². The van der Waals surface area contributed by atoms with Gasteiger partial charge < -0.3 is 18.3 Å². The SMILES string of the molecule is COc1cc(OC)c(C[Si](O[Si](C)(C)C)([Si](C)(C)C)[Si](C)(C)C)c(OC)c1. The van der Waals surface area contributed by atoms with Gasteiger partial charge in [0.25, 0.3) is 0 Å². The van der Waals surface area contributed by atoms with E-state index < -0.39 is 30.9 Å². The van der Waals surface area contributed by atoms with E-state index in [4.69, 9.17) is 18.3 Å². The maximum absolute atomic E-state index is 7.27. The van der Waals surface area contributed by atoms with Crippen molar-refractivity contribution in [3.8, 4) is 17.2 Å². The Morgan fingerprint density at radius 3 is 1.33 bits per heavy atom. The molecule has 0 heterocycles. The Labute approximate surface area is 170 Å². The van der Waals surface area contributed by atoms with Crippen LogP contribution >= 0.6 is 0 Å². The number of methoxy groups -OCH3 is 3. The van der Waals surface area contributed by atoms with Crippen LogP contribution < -0.4 is 14.2 Å². The standard InChI is InChI=1S/C19H40O4Si4/c1-20-16-13-18(21-2)17(19(14-16)22-3)15-27(25(7,8)9,26(10,11)12)23-24(4,5)6/h13-14H,15H2,1-12H3. The van der Waals surface area contributed by atoms with Crippen LogP contribution in [-0.2, 0) is 10.2 Å². The van der Waals surface area contributed by atoms with Crippen molar-refractivity contribution in [2.45, 2.75) is 65.0 Å². The molecule has 1 aromatic rings. The summed E-state index contributed by atoms with van der Waals surface area (Å²) in [7, 11) is -1.83. The van der Waals surface area contributed by atoms with Gasteiger partial charge in [0.1, 0.15) is 17.2 Å². The van der Waals surface area contributed by atoms with Crippen molar-refractivity contribution in [1.29, 1.82) is 0 Å². The molecule has 8 heteroatoms. The molecule has 0 atom stereocenters. The molecule has 1 aromatic carbocycles. The van der Waals surface area contributed by atoms with Crippen LogP contribution in [0.1, 0.15) is 5.56 Å². The predicted octanol–water partition coefficient (Wildman–Crippen LogP) is 5.42. The third-order valence-electron chi connectivity index (χ3n) is 5.15. The van der Waals surface area contributed by atoms with Crippen molar-refractivity contribution in [2.24, 2.45) is 0 Å². The second kappa shape index (κ2) is 8.44. The van der Waals surface area contributed by atoms with Gasteiger partial charge in [-0.05, 0) is 25.7 Å². The van der Waals surface area contributed by atoms with Gasteiger partial charge in [0.15, 0.2) is 15.7 Å². The first-order valence-electron chi connectivity index (χ1n) is 9.61. The van der Waals surface area contributed by atoms with Crippen LogP contribution in [0.5, 0.6) is 17.2 Å². The fourth-order valence-corrected chi connectivity index (χ4v) is 57.4. The molecule has 0 radical (unpaired) electrons. The Bertz CT molecular complexity index is 604. The van der Waals surface area contributed by atoms with Crippen LogP contribution in [0.3, 0.4) is 0 Å². The molecule has 156 valence electrons. The minimum Gasteiger partial charge on any atom is -0.496 e. The van der Waals surface area contributed by atoms with E-state index in [0.717, 1.165) is 28.9 Å².